The van der Waals surface area contributed by atoms with Crippen molar-refractivity contribution in [2.24, 2.45) is 0 Å². The minimum atomic E-state index is -0.0682. The summed E-state index contributed by atoms with van der Waals surface area (Å²) < 4.78 is 11.4. The lowest BCUT2D eigenvalue weighted by Gasteiger charge is -2.33. The summed E-state index contributed by atoms with van der Waals surface area (Å²) in [6.07, 6.45) is 4.98. The standard InChI is InChI=1S/C26H34N2O4/c1-3-31-25-9-4-5-10-26(25)32-17-16-27-15-7-6-8-24(30)21-12-14-23-20(18-21)11-13-22(19-29)28(23)2/h4-5,9-10,12,14,18-19,22,27H,3,6-8,11,13,15-17H2,1-2H3. The van der Waals surface area contributed by atoms with Gasteiger partial charge in [0.2, 0.25) is 0 Å². The van der Waals surface area contributed by atoms with E-state index in [0.717, 1.165) is 73.4 Å². The van der Waals surface area contributed by atoms with Gasteiger partial charge in [-0.2, -0.15) is 0 Å². The normalized spacial score (nSPS) is 15.2. The Bertz CT molecular complexity index is 899. The molecule has 1 aliphatic heterocycles. The quantitative estimate of drug-likeness (QED) is 0.289. The lowest BCUT2D eigenvalue weighted by molar-refractivity contribution is -0.109. The molecule has 0 bridgehead atoms. The van der Waals surface area contributed by atoms with Crippen LogP contribution in [0.5, 0.6) is 11.5 Å². The molecule has 0 spiro atoms. The molecule has 0 saturated carbocycles. The summed E-state index contributed by atoms with van der Waals surface area (Å²) in [4.78, 5) is 25.8. The molecule has 2 aromatic carbocycles. The highest BCUT2D eigenvalue weighted by Crippen LogP contribution is 2.30. The van der Waals surface area contributed by atoms with Crippen molar-refractivity contribution in [3.05, 3.63) is 53.6 Å². The molecular weight excluding hydrogens is 404 g/mol. The Hall–Kier alpha value is -2.86. The molecule has 6 nitrogen and oxygen atoms in total. The molecule has 0 fully saturated rings. The molecule has 1 atom stereocenters. The molecule has 0 aliphatic carbocycles. The van der Waals surface area contributed by atoms with Gasteiger partial charge in [0.25, 0.3) is 0 Å². The number of aldehydes is 1. The maximum absolute atomic E-state index is 12.6. The van der Waals surface area contributed by atoms with E-state index in [-0.39, 0.29) is 11.8 Å². The maximum Gasteiger partial charge on any atom is 0.162 e. The predicted octanol–water partition coefficient (Wildman–Crippen LogP) is 4.06. The first-order chi connectivity index (χ1) is 15.6. The zero-order chi connectivity index (χ0) is 22.8. The number of aryl methyl sites for hydroxylation is 1. The van der Waals surface area contributed by atoms with Crippen LogP contribution in [0, 0.1) is 0 Å². The number of ketones is 1. The number of likely N-dealkylation sites (N-methyl/N-ethyl adjacent to an activating group) is 1. The summed E-state index contributed by atoms with van der Waals surface area (Å²) in [6.45, 7) is 4.73. The van der Waals surface area contributed by atoms with Crippen LogP contribution in [0.4, 0.5) is 5.69 Å². The van der Waals surface area contributed by atoms with Gasteiger partial charge >= 0.3 is 0 Å². The van der Waals surface area contributed by atoms with Gasteiger partial charge in [0.1, 0.15) is 12.9 Å². The first kappa shape index (κ1) is 23.8. The van der Waals surface area contributed by atoms with Crippen LogP contribution in [0.25, 0.3) is 0 Å². The second kappa shape index (κ2) is 12.2. The van der Waals surface area contributed by atoms with E-state index in [0.29, 0.717) is 19.6 Å². The van der Waals surface area contributed by atoms with E-state index in [9.17, 15) is 9.59 Å². The second-order valence-corrected chi connectivity index (χ2v) is 8.05. The molecule has 0 saturated heterocycles. The molecule has 1 aliphatic rings. The first-order valence-corrected chi connectivity index (χ1v) is 11.5. The van der Waals surface area contributed by atoms with Crippen molar-refractivity contribution in [3.63, 3.8) is 0 Å². The number of carbonyl (C=O) groups is 2. The number of fused-ring (bicyclic) bond motifs is 1. The van der Waals surface area contributed by atoms with Crippen LogP contribution in [0.1, 0.15) is 48.5 Å². The van der Waals surface area contributed by atoms with E-state index < -0.39 is 0 Å². The van der Waals surface area contributed by atoms with Gasteiger partial charge < -0.3 is 24.5 Å². The lowest BCUT2D eigenvalue weighted by Crippen LogP contribution is -2.37. The Kier molecular flexibility index (Phi) is 9.11. The molecule has 32 heavy (non-hydrogen) atoms. The van der Waals surface area contributed by atoms with Gasteiger partial charge in [-0.3, -0.25) is 4.79 Å². The number of ether oxygens (including phenoxy) is 2. The van der Waals surface area contributed by atoms with E-state index in [4.69, 9.17) is 9.47 Å². The van der Waals surface area contributed by atoms with E-state index in [1.807, 2.05) is 61.3 Å². The molecule has 1 N–H and O–H groups in total. The van der Waals surface area contributed by atoms with Crippen LogP contribution in [0.15, 0.2) is 42.5 Å². The number of carbonyl (C=O) groups excluding carboxylic acids is 2. The molecule has 3 rings (SSSR count). The average Bonchev–Trinajstić information content (AvgIpc) is 2.82. The van der Waals surface area contributed by atoms with Crippen LogP contribution in [-0.2, 0) is 11.2 Å². The summed E-state index contributed by atoms with van der Waals surface area (Å²) in [6, 6.07) is 13.5. The third-order valence-corrected chi connectivity index (χ3v) is 5.84. The fourth-order valence-electron chi connectivity index (χ4n) is 4.02. The number of rotatable bonds is 13. The van der Waals surface area contributed by atoms with E-state index in [1.165, 1.54) is 0 Å². The highest BCUT2D eigenvalue weighted by molar-refractivity contribution is 5.96. The molecule has 6 heteroatoms. The maximum atomic E-state index is 12.6. The first-order valence-electron chi connectivity index (χ1n) is 11.5. The van der Waals surface area contributed by atoms with Gasteiger partial charge in [0.15, 0.2) is 17.3 Å². The number of benzene rings is 2. The number of unbranched alkanes of at least 4 members (excludes halogenated alkanes) is 1. The summed E-state index contributed by atoms with van der Waals surface area (Å²) in [5.74, 6) is 1.72. The number of hydrogen-bond donors (Lipinski definition) is 1. The lowest BCUT2D eigenvalue weighted by atomic mass is 9.93. The van der Waals surface area contributed by atoms with Gasteiger partial charge in [-0.1, -0.05) is 12.1 Å². The number of Topliss-reactive ketones (excluding diaryl/α,β-unsaturated/α-hetero) is 1. The number of para-hydroxylation sites is 2. The minimum absolute atomic E-state index is 0.0682. The molecule has 172 valence electrons. The molecule has 1 heterocycles. The Labute approximate surface area is 190 Å². The Morgan fingerprint density at radius 2 is 1.91 bits per heavy atom. The predicted molar refractivity (Wildman–Crippen MR) is 127 cm³/mol. The van der Waals surface area contributed by atoms with Crippen molar-refractivity contribution in [2.75, 3.05) is 38.3 Å². The van der Waals surface area contributed by atoms with Gasteiger partial charge in [0.05, 0.1) is 12.6 Å². The molecule has 1 unspecified atom stereocenters. The van der Waals surface area contributed by atoms with Crippen molar-refractivity contribution in [1.82, 2.24) is 5.32 Å². The van der Waals surface area contributed by atoms with Gasteiger partial charge in [-0.05, 0) is 75.0 Å². The Morgan fingerprint density at radius 3 is 2.66 bits per heavy atom. The van der Waals surface area contributed by atoms with Crippen LogP contribution >= 0.6 is 0 Å². The highest BCUT2D eigenvalue weighted by atomic mass is 16.5. The molecule has 2 aromatic rings. The fourth-order valence-corrected chi connectivity index (χ4v) is 4.02. The third-order valence-electron chi connectivity index (χ3n) is 5.84. The van der Waals surface area contributed by atoms with Crippen LogP contribution < -0.4 is 19.7 Å². The monoisotopic (exact) mass is 438 g/mol. The summed E-state index contributed by atoms with van der Waals surface area (Å²) in [7, 11) is 1.94. The fraction of sp³-hybridized carbons (Fsp3) is 0.462. The van der Waals surface area contributed by atoms with Crippen molar-refractivity contribution in [3.8, 4) is 11.5 Å². The van der Waals surface area contributed by atoms with Gasteiger partial charge in [-0.25, -0.2) is 0 Å². The van der Waals surface area contributed by atoms with E-state index in [2.05, 4.69) is 5.32 Å². The topological polar surface area (TPSA) is 67.9 Å². The summed E-state index contributed by atoms with van der Waals surface area (Å²) in [5, 5.41) is 3.36. The van der Waals surface area contributed by atoms with E-state index in [1.54, 1.807) is 0 Å². The Balaban J connectivity index is 1.33. The zero-order valence-electron chi connectivity index (χ0n) is 19.1. The zero-order valence-corrected chi connectivity index (χ0v) is 19.1. The number of anilines is 1. The van der Waals surface area contributed by atoms with Crippen molar-refractivity contribution in [2.45, 2.75) is 45.1 Å². The molecule has 0 amide bonds. The number of hydrogen-bond acceptors (Lipinski definition) is 6. The highest BCUT2D eigenvalue weighted by Gasteiger charge is 2.23. The average molecular weight is 439 g/mol. The van der Waals surface area contributed by atoms with Gasteiger partial charge in [-0.15, -0.1) is 0 Å². The van der Waals surface area contributed by atoms with Crippen LogP contribution in [0.3, 0.4) is 0 Å². The summed E-state index contributed by atoms with van der Waals surface area (Å²) in [5.41, 5.74) is 2.99. The third kappa shape index (κ3) is 6.33. The van der Waals surface area contributed by atoms with Crippen molar-refractivity contribution in [1.29, 1.82) is 0 Å². The van der Waals surface area contributed by atoms with Crippen molar-refractivity contribution < 1.29 is 19.1 Å². The van der Waals surface area contributed by atoms with Gasteiger partial charge in [0, 0.05) is 31.3 Å². The Morgan fingerprint density at radius 1 is 1.12 bits per heavy atom. The smallest absolute Gasteiger partial charge is 0.162 e. The second-order valence-electron chi connectivity index (χ2n) is 8.05. The largest absolute Gasteiger partial charge is 0.490 e. The van der Waals surface area contributed by atoms with E-state index >= 15 is 0 Å². The number of nitrogens with one attached hydrogen (secondary N) is 1. The number of nitrogens with zero attached hydrogens (tertiary/aromatic N) is 1. The van der Waals surface area contributed by atoms with Crippen LogP contribution in [0.2, 0.25) is 0 Å². The summed E-state index contributed by atoms with van der Waals surface area (Å²) >= 11 is 0. The SMILES string of the molecule is CCOc1ccccc1OCCNCCCCC(=O)c1ccc2c(c1)CCC(C=O)N2C. The molecular formula is C26H34N2O4. The molecule has 0 radical (unpaired) electrons. The minimum Gasteiger partial charge on any atom is -0.490 e. The van der Waals surface area contributed by atoms with Crippen LogP contribution in [-0.4, -0.2) is 51.5 Å². The van der Waals surface area contributed by atoms with Crippen molar-refractivity contribution >= 4 is 17.8 Å². The molecule has 0 aromatic heterocycles.